The van der Waals surface area contributed by atoms with Gasteiger partial charge >= 0.3 is 0 Å². The number of hydrogen-bond donors (Lipinski definition) is 2. The summed E-state index contributed by atoms with van der Waals surface area (Å²) in [6.45, 7) is 5.89. The van der Waals surface area contributed by atoms with Crippen LogP contribution in [0.2, 0.25) is 0 Å². The Kier molecular flexibility index (Phi) is 7.03. The number of hydrogen-bond acceptors (Lipinski definition) is 3. The average Bonchev–Trinajstić information content (AvgIpc) is 2.96. The quantitative estimate of drug-likeness (QED) is 0.578. The van der Waals surface area contributed by atoms with Gasteiger partial charge in [0.1, 0.15) is 0 Å². The molecule has 22 heavy (non-hydrogen) atoms. The lowest BCUT2D eigenvalue weighted by atomic mass is 9.84. The molecule has 0 aliphatic heterocycles. The zero-order chi connectivity index (χ0) is 16.8. The van der Waals surface area contributed by atoms with Crippen LogP contribution in [0.5, 0.6) is 0 Å². The molecule has 0 saturated heterocycles. The monoisotopic (exact) mass is 328 g/mol. The molecule has 5 nitrogen and oxygen atoms in total. The summed E-state index contributed by atoms with van der Waals surface area (Å²) in [5, 5.41) is 6.73. The van der Waals surface area contributed by atoms with Crippen molar-refractivity contribution in [2.45, 2.75) is 44.3 Å². The second kappa shape index (κ2) is 8.09. The molecule has 1 amide bonds. The third-order valence-corrected chi connectivity index (χ3v) is 5.72. The molecule has 0 radical (unpaired) electrons. The van der Waals surface area contributed by atoms with Crippen LogP contribution in [0.15, 0.2) is 4.99 Å². The topological polar surface area (TPSA) is 56.7 Å². The van der Waals surface area contributed by atoms with Crippen molar-refractivity contribution in [3.63, 3.8) is 0 Å². The molecule has 0 aromatic carbocycles. The summed E-state index contributed by atoms with van der Waals surface area (Å²) in [7, 11) is 5.46. The van der Waals surface area contributed by atoms with E-state index in [1.54, 1.807) is 11.9 Å². The summed E-state index contributed by atoms with van der Waals surface area (Å²) in [4.78, 5) is 18.6. The van der Waals surface area contributed by atoms with Gasteiger partial charge in [-0.05, 0) is 32.9 Å². The van der Waals surface area contributed by atoms with Crippen LogP contribution < -0.4 is 10.6 Å². The standard InChI is InChI=1S/C16H32N4OS/c1-15(2,22-6)11-18-14(17-3)19-12-16(9-7-8-10-16)13(21)20(4)5/h7-12H2,1-6H3,(H2,17,18,19). The van der Waals surface area contributed by atoms with E-state index in [1.807, 2.05) is 25.9 Å². The van der Waals surface area contributed by atoms with E-state index in [0.717, 1.165) is 38.2 Å². The Morgan fingerprint density at radius 1 is 1.27 bits per heavy atom. The fourth-order valence-electron chi connectivity index (χ4n) is 2.83. The highest BCUT2D eigenvalue weighted by molar-refractivity contribution is 7.99. The highest BCUT2D eigenvalue weighted by Gasteiger charge is 2.42. The number of thioether (sulfide) groups is 1. The fourth-order valence-corrected chi connectivity index (χ4v) is 3.05. The molecule has 0 bridgehead atoms. The molecule has 0 atom stereocenters. The third kappa shape index (κ3) is 5.07. The lowest BCUT2D eigenvalue weighted by molar-refractivity contribution is -0.138. The van der Waals surface area contributed by atoms with Crippen molar-refractivity contribution < 1.29 is 4.79 Å². The molecule has 1 rings (SSSR count). The second-order valence-electron chi connectivity index (χ2n) is 6.93. The first-order valence-electron chi connectivity index (χ1n) is 7.98. The molecule has 0 aromatic heterocycles. The highest BCUT2D eigenvalue weighted by Crippen LogP contribution is 2.38. The van der Waals surface area contributed by atoms with E-state index in [2.05, 4.69) is 35.7 Å². The van der Waals surface area contributed by atoms with Crippen molar-refractivity contribution in [2.24, 2.45) is 10.4 Å². The Bertz CT molecular complexity index is 401. The zero-order valence-corrected chi connectivity index (χ0v) is 15.8. The van der Waals surface area contributed by atoms with E-state index in [-0.39, 0.29) is 16.1 Å². The van der Waals surface area contributed by atoms with E-state index in [0.29, 0.717) is 6.54 Å². The van der Waals surface area contributed by atoms with Crippen LogP contribution in [0.1, 0.15) is 39.5 Å². The minimum absolute atomic E-state index is 0.155. The van der Waals surface area contributed by atoms with E-state index in [4.69, 9.17) is 0 Å². The van der Waals surface area contributed by atoms with Gasteiger partial charge in [-0.3, -0.25) is 9.79 Å². The molecule has 0 unspecified atom stereocenters. The Balaban J connectivity index is 2.62. The van der Waals surface area contributed by atoms with Gasteiger partial charge in [0.05, 0.1) is 5.41 Å². The van der Waals surface area contributed by atoms with E-state index in [1.165, 1.54) is 0 Å². The average molecular weight is 329 g/mol. The smallest absolute Gasteiger partial charge is 0.230 e. The number of aliphatic imine (C=N–C) groups is 1. The normalized spacial score (nSPS) is 18.2. The summed E-state index contributed by atoms with van der Waals surface area (Å²) in [6, 6.07) is 0. The van der Waals surface area contributed by atoms with E-state index in [9.17, 15) is 4.79 Å². The molecule has 1 aliphatic rings. The Hall–Kier alpha value is -0.910. The first-order chi connectivity index (χ1) is 10.3. The maximum Gasteiger partial charge on any atom is 0.230 e. The molecule has 1 saturated carbocycles. The molecule has 6 heteroatoms. The van der Waals surface area contributed by atoms with Gasteiger partial charge in [-0.2, -0.15) is 11.8 Å². The van der Waals surface area contributed by atoms with Gasteiger partial charge in [0, 0.05) is 39.0 Å². The maximum absolute atomic E-state index is 12.6. The van der Waals surface area contributed by atoms with E-state index < -0.39 is 0 Å². The molecule has 0 aromatic rings. The lowest BCUT2D eigenvalue weighted by Gasteiger charge is -2.32. The minimum Gasteiger partial charge on any atom is -0.355 e. The van der Waals surface area contributed by atoms with Gasteiger partial charge < -0.3 is 15.5 Å². The Labute approximate surface area is 139 Å². The molecule has 0 heterocycles. The summed E-state index contributed by atoms with van der Waals surface area (Å²) >= 11 is 1.82. The summed E-state index contributed by atoms with van der Waals surface area (Å²) in [5.41, 5.74) is -0.268. The van der Waals surface area contributed by atoms with Crippen LogP contribution in [-0.4, -0.2) is 62.0 Å². The summed E-state index contributed by atoms with van der Waals surface area (Å²) in [6.07, 6.45) is 6.30. The van der Waals surface area contributed by atoms with Gasteiger partial charge in [0.2, 0.25) is 5.91 Å². The molecule has 1 fully saturated rings. The van der Waals surface area contributed by atoms with Crippen LogP contribution in [0.4, 0.5) is 0 Å². The number of carbonyl (C=O) groups is 1. The molecule has 128 valence electrons. The number of carbonyl (C=O) groups excluding carboxylic acids is 1. The highest BCUT2D eigenvalue weighted by atomic mass is 32.2. The Morgan fingerprint density at radius 3 is 2.32 bits per heavy atom. The van der Waals surface area contributed by atoms with Gasteiger partial charge in [0.15, 0.2) is 5.96 Å². The summed E-state index contributed by atoms with van der Waals surface area (Å²) < 4.78 is 0.155. The first kappa shape index (κ1) is 19.1. The number of nitrogens with one attached hydrogen (secondary N) is 2. The Morgan fingerprint density at radius 2 is 1.86 bits per heavy atom. The van der Waals surface area contributed by atoms with Gasteiger partial charge in [-0.1, -0.05) is 12.8 Å². The number of rotatable bonds is 6. The molecular weight excluding hydrogens is 296 g/mol. The van der Waals surface area contributed by atoms with Crippen molar-refractivity contribution in [1.29, 1.82) is 0 Å². The van der Waals surface area contributed by atoms with Crippen LogP contribution >= 0.6 is 11.8 Å². The van der Waals surface area contributed by atoms with Crippen molar-refractivity contribution in [3.8, 4) is 0 Å². The molecule has 0 spiro atoms. The summed E-state index contributed by atoms with van der Waals surface area (Å²) in [5.74, 6) is 1.01. The maximum atomic E-state index is 12.6. The largest absolute Gasteiger partial charge is 0.355 e. The third-order valence-electron chi connectivity index (χ3n) is 4.47. The van der Waals surface area contributed by atoms with Gasteiger partial charge in [-0.25, -0.2) is 0 Å². The van der Waals surface area contributed by atoms with Gasteiger partial charge in [-0.15, -0.1) is 0 Å². The van der Waals surface area contributed by atoms with Crippen molar-refractivity contribution >= 4 is 23.6 Å². The van der Waals surface area contributed by atoms with Crippen LogP contribution in [0, 0.1) is 5.41 Å². The predicted molar refractivity (Wildman–Crippen MR) is 96.6 cm³/mol. The molecule has 2 N–H and O–H groups in total. The van der Waals surface area contributed by atoms with E-state index >= 15 is 0 Å². The first-order valence-corrected chi connectivity index (χ1v) is 9.20. The minimum atomic E-state index is -0.268. The number of amides is 1. The number of guanidine groups is 1. The van der Waals surface area contributed by atoms with Crippen molar-refractivity contribution in [2.75, 3.05) is 40.5 Å². The molecular formula is C16H32N4OS. The SMILES string of the molecule is CN=C(NCC(C)(C)SC)NCC1(C(=O)N(C)C)CCCC1. The second-order valence-corrected chi connectivity index (χ2v) is 8.44. The zero-order valence-electron chi connectivity index (χ0n) is 15.0. The van der Waals surface area contributed by atoms with Crippen molar-refractivity contribution in [3.05, 3.63) is 0 Å². The van der Waals surface area contributed by atoms with Crippen molar-refractivity contribution in [1.82, 2.24) is 15.5 Å². The predicted octanol–water partition coefficient (Wildman–Crippen LogP) is 1.94. The van der Waals surface area contributed by atoms with Crippen LogP contribution in [0.3, 0.4) is 0 Å². The van der Waals surface area contributed by atoms with Gasteiger partial charge in [0.25, 0.3) is 0 Å². The fraction of sp³-hybridized carbons (Fsp3) is 0.875. The van der Waals surface area contributed by atoms with Crippen LogP contribution in [-0.2, 0) is 4.79 Å². The van der Waals surface area contributed by atoms with Crippen LogP contribution in [0.25, 0.3) is 0 Å². The molecule has 1 aliphatic carbocycles. The lowest BCUT2D eigenvalue weighted by Crippen LogP contribution is -2.50. The number of nitrogens with zero attached hydrogens (tertiary/aromatic N) is 2.